The summed E-state index contributed by atoms with van der Waals surface area (Å²) >= 11 is 0. The molecule has 1 aliphatic carbocycles. The molecule has 0 spiro atoms. The number of hydrogen-bond donors (Lipinski definition) is 1. The van der Waals surface area contributed by atoms with Crippen LogP contribution in [0.2, 0.25) is 0 Å². The lowest BCUT2D eigenvalue weighted by Crippen LogP contribution is -2.44. The average molecular weight is 396 g/mol. The van der Waals surface area contributed by atoms with Crippen molar-refractivity contribution in [1.29, 1.82) is 0 Å². The van der Waals surface area contributed by atoms with Crippen molar-refractivity contribution in [1.82, 2.24) is 4.90 Å². The maximum Gasteiger partial charge on any atom is 0.323 e. The van der Waals surface area contributed by atoms with Crippen molar-refractivity contribution in [3.63, 3.8) is 0 Å². The van der Waals surface area contributed by atoms with Crippen LogP contribution in [0.5, 0.6) is 5.75 Å². The topological polar surface area (TPSA) is 92.9 Å². The van der Waals surface area contributed by atoms with Gasteiger partial charge in [0.15, 0.2) is 0 Å². The second-order valence-electron chi connectivity index (χ2n) is 8.46. The van der Waals surface area contributed by atoms with Gasteiger partial charge in [0, 0.05) is 18.7 Å². The molecule has 1 N–H and O–H groups in total. The Kier molecular flexibility index (Phi) is 4.58. The minimum absolute atomic E-state index is 0.0214. The summed E-state index contributed by atoms with van der Waals surface area (Å²) in [5.41, 5.74) is 1.87. The third kappa shape index (κ3) is 3.15. The molecule has 4 rings (SSSR count). The number of phenolic OH excluding ortho intramolecular Hbond substituents is 1. The summed E-state index contributed by atoms with van der Waals surface area (Å²) in [5.74, 6) is 0.511. The number of nitro benzene ring substituents is 1. The van der Waals surface area contributed by atoms with Crippen molar-refractivity contribution in [2.75, 3.05) is 13.7 Å². The summed E-state index contributed by atoms with van der Waals surface area (Å²) in [6, 6.07) is 12.7. The van der Waals surface area contributed by atoms with Gasteiger partial charge >= 0.3 is 5.97 Å². The molecule has 7 nitrogen and oxygen atoms in total. The van der Waals surface area contributed by atoms with Crippen LogP contribution >= 0.6 is 0 Å². The molecular weight excluding hydrogens is 372 g/mol. The largest absolute Gasteiger partial charge is 0.508 e. The molecule has 0 amide bonds. The number of aromatic hydroxyl groups is 1. The molecule has 2 aromatic carbocycles. The fourth-order valence-corrected chi connectivity index (χ4v) is 4.99. The normalized spacial score (nSPS) is 25.8. The number of ether oxygens (including phenoxy) is 1. The van der Waals surface area contributed by atoms with Crippen LogP contribution in [-0.2, 0) is 9.53 Å². The highest BCUT2D eigenvalue weighted by atomic mass is 16.6. The van der Waals surface area contributed by atoms with Gasteiger partial charge in [-0.25, -0.2) is 0 Å². The molecule has 0 aromatic heterocycles. The number of rotatable bonds is 5. The molecule has 0 radical (unpaired) electrons. The number of piperidine rings is 1. The number of nitrogens with zero attached hydrogens (tertiary/aromatic N) is 2. The number of hydrogen-bond acceptors (Lipinski definition) is 6. The Labute approximate surface area is 169 Å². The standard InChI is InChI=1S/C22H24N2O5/c1-22(2)17-12-23(20(18(17)22)21(26)29-3)19(14-6-10-16(25)11-7-14)13-4-8-15(9-5-13)24(27)28/h4-11,17-20,25H,12H2,1-3H3. The van der Waals surface area contributed by atoms with E-state index in [1.807, 2.05) is 12.1 Å². The average Bonchev–Trinajstić information content (AvgIpc) is 3.03. The lowest BCUT2D eigenvalue weighted by molar-refractivity contribution is -0.384. The van der Waals surface area contributed by atoms with Crippen LogP contribution in [0.4, 0.5) is 5.69 Å². The quantitative estimate of drug-likeness (QED) is 0.472. The first-order chi connectivity index (χ1) is 13.8. The van der Waals surface area contributed by atoms with E-state index in [0.717, 1.165) is 17.7 Å². The smallest absolute Gasteiger partial charge is 0.323 e. The number of carbonyl (C=O) groups excluding carboxylic acids is 1. The second-order valence-corrected chi connectivity index (χ2v) is 8.46. The number of benzene rings is 2. The maximum atomic E-state index is 12.7. The molecule has 4 atom stereocenters. The fraction of sp³-hybridized carbons (Fsp3) is 0.409. The molecule has 1 saturated carbocycles. The predicted octanol–water partition coefficient (Wildman–Crippen LogP) is 3.52. The van der Waals surface area contributed by atoms with E-state index in [4.69, 9.17) is 4.74 Å². The molecule has 2 aliphatic rings. The lowest BCUT2D eigenvalue weighted by Gasteiger charge is -2.36. The van der Waals surface area contributed by atoms with Gasteiger partial charge in [-0.1, -0.05) is 38.1 Å². The summed E-state index contributed by atoms with van der Waals surface area (Å²) in [6.45, 7) is 5.09. The number of likely N-dealkylation sites (tertiary alicyclic amines) is 1. The summed E-state index contributed by atoms with van der Waals surface area (Å²) in [4.78, 5) is 25.5. The van der Waals surface area contributed by atoms with Gasteiger partial charge in [0.25, 0.3) is 5.69 Å². The van der Waals surface area contributed by atoms with Gasteiger partial charge in [0.2, 0.25) is 0 Å². The van der Waals surface area contributed by atoms with Crippen molar-refractivity contribution < 1.29 is 19.6 Å². The Morgan fingerprint density at radius 1 is 1.17 bits per heavy atom. The Morgan fingerprint density at radius 3 is 2.24 bits per heavy atom. The van der Waals surface area contributed by atoms with Crippen molar-refractivity contribution in [3.8, 4) is 5.75 Å². The van der Waals surface area contributed by atoms with Gasteiger partial charge in [-0.15, -0.1) is 0 Å². The summed E-state index contributed by atoms with van der Waals surface area (Å²) in [6.07, 6.45) is 0. The zero-order valence-electron chi connectivity index (χ0n) is 16.6. The van der Waals surface area contributed by atoms with E-state index < -0.39 is 4.92 Å². The van der Waals surface area contributed by atoms with Crippen molar-refractivity contribution in [2.24, 2.45) is 17.3 Å². The third-order valence-corrected chi connectivity index (χ3v) is 6.65. The first kappa shape index (κ1) is 19.4. The van der Waals surface area contributed by atoms with Crippen LogP contribution in [0.15, 0.2) is 48.5 Å². The van der Waals surface area contributed by atoms with Crippen LogP contribution in [-0.4, -0.2) is 40.6 Å². The summed E-state index contributed by atoms with van der Waals surface area (Å²) < 4.78 is 5.14. The molecule has 4 unspecified atom stereocenters. The number of non-ortho nitro benzene ring substituents is 1. The molecule has 2 fully saturated rings. The van der Waals surface area contributed by atoms with Crippen LogP contribution < -0.4 is 0 Å². The molecule has 1 saturated heterocycles. The van der Waals surface area contributed by atoms with Gasteiger partial charge in [0.05, 0.1) is 18.1 Å². The lowest BCUT2D eigenvalue weighted by atomic mass is 9.92. The number of phenols is 1. The molecule has 152 valence electrons. The SMILES string of the molecule is COC(=O)C1C2C(CN1C(c1ccc(O)cc1)c1ccc([N+](=O)[O-])cc1)C2(C)C. The first-order valence-corrected chi connectivity index (χ1v) is 9.62. The summed E-state index contributed by atoms with van der Waals surface area (Å²) in [7, 11) is 1.41. The van der Waals surface area contributed by atoms with Gasteiger partial charge in [0.1, 0.15) is 11.8 Å². The number of fused-ring (bicyclic) bond motifs is 1. The molecule has 29 heavy (non-hydrogen) atoms. The first-order valence-electron chi connectivity index (χ1n) is 9.62. The maximum absolute atomic E-state index is 12.7. The van der Waals surface area contributed by atoms with Crippen LogP contribution in [0, 0.1) is 27.4 Å². The molecule has 2 aromatic rings. The van der Waals surface area contributed by atoms with Gasteiger partial charge < -0.3 is 9.84 Å². The molecule has 7 heteroatoms. The van der Waals surface area contributed by atoms with Crippen LogP contribution in [0.3, 0.4) is 0 Å². The van der Waals surface area contributed by atoms with Gasteiger partial charge in [-0.05, 0) is 40.5 Å². The van der Waals surface area contributed by atoms with Crippen LogP contribution in [0.1, 0.15) is 31.0 Å². The van der Waals surface area contributed by atoms with E-state index in [1.165, 1.54) is 19.2 Å². The molecule has 0 bridgehead atoms. The number of nitro groups is 1. The number of methoxy groups -OCH3 is 1. The minimum atomic E-state index is -0.426. The highest BCUT2D eigenvalue weighted by Gasteiger charge is 2.69. The van der Waals surface area contributed by atoms with Crippen molar-refractivity contribution in [3.05, 3.63) is 69.8 Å². The molecule has 1 heterocycles. The van der Waals surface area contributed by atoms with Gasteiger partial charge in [-0.2, -0.15) is 0 Å². The minimum Gasteiger partial charge on any atom is -0.508 e. The van der Waals surface area contributed by atoms with Gasteiger partial charge in [-0.3, -0.25) is 19.8 Å². The van der Waals surface area contributed by atoms with E-state index in [2.05, 4.69) is 18.7 Å². The number of carbonyl (C=O) groups is 1. The monoisotopic (exact) mass is 396 g/mol. The third-order valence-electron chi connectivity index (χ3n) is 6.65. The Balaban J connectivity index is 1.77. The zero-order valence-corrected chi connectivity index (χ0v) is 16.6. The highest BCUT2D eigenvalue weighted by Crippen LogP contribution is 2.66. The van der Waals surface area contributed by atoms with E-state index >= 15 is 0 Å². The Morgan fingerprint density at radius 2 is 1.72 bits per heavy atom. The van der Waals surface area contributed by atoms with E-state index in [-0.39, 0.29) is 40.8 Å². The van der Waals surface area contributed by atoms with Crippen molar-refractivity contribution in [2.45, 2.75) is 25.9 Å². The van der Waals surface area contributed by atoms with E-state index in [0.29, 0.717) is 5.92 Å². The molecule has 1 aliphatic heterocycles. The second kappa shape index (κ2) is 6.84. The summed E-state index contributed by atoms with van der Waals surface area (Å²) in [5, 5.41) is 20.8. The number of esters is 1. The fourth-order valence-electron chi connectivity index (χ4n) is 4.99. The zero-order chi connectivity index (χ0) is 20.9. The predicted molar refractivity (Wildman–Crippen MR) is 106 cm³/mol. The van der Waals surface area contributed by atoms with E-state index in [1.54, 1.807) is 24.3 Å². The highest BCUT2D eigenvalue weighted by molar-refractivity contribution is 5.78. The van der Waals surface area contributed by atoms with Crippen LogP contribution in [0.25, 0.3) is 0 Å². The Bertz CT molecular complexity index is 939. The van der Waals surface area contributed by atoms with Crippen molar-refractivity contribution >= 4 is 11.7 Å². The molecular formula is C22H24N2O5. The Hall–Kier alpha value is -2.93. The van der Waals surface area contributed by atoms with E-state index in [9.17, 15) is 20.0 Å².